The van der Waals surface area contributed by atoms with E-state index >= 15 is 0 Å². The minimum absolute atomic E-state index is 0.194. The van der Waals surface area contributed by atoms with Crippen LogP contribution in [0.4, 0.5) is 0 Å². The summed E-state index contributed by atoms with van der Waals surface area (Å²) in [6.45, 7) is 2.23. The number of hydrogen-bond donors (Lipinski definition) is 2. The molecule has 0 spiro atoms. The molecule has 1 unspecified atom stereocenters. The molecule has 0 bridgehead atoms. The number of H-pyrrole nitrogens is 1. The maximum absolute atomic E-state index is 5.41. The highest BCUT2D eigenvalue weighted by Gasteiger charge is 2.12. The molecule has 0 saturated carbocycles. The van der Waals surface area contributed by atoms with Gasteiger partial charge in [0.05, 0.1) is 0 Å². The molecule has 0 aliphatic heterocycles. The van der Waals surface area contributed by atoms with Gasteiger partial charge in [-0.3, -0.25) is 5.10 Å². The molecule has 1 rings (SSSR count). The molecule has 1 heterocycles. The average molecular weight is 156 g/mol. The summed E-state index contributed by atoms with van der Waals surface area (Å²) in [5, 5.41) is 6.64. The van der Waals surface area contributed by atoms with Gasteiger partial charge in [-0.15, -0.1) is 0 Å². The smallest absolute Gasteiger partial charge is 0.180 e. The van der Waals surface area contributed by atoms with Crippen LogP contribution in [-0.2, 0) is 4.74 Å². The molecule has 1 aromatic heterocycles. The SMILES string of the molecule is COC(CN)c1n[nH]c(C)n1. The molecule has 0 radical (unpaired) electrons. The predicted octanol–water partition coefficient (Wildman–Crippen LogP) is -0.241. The van der Waals surface area contributed by atoms with Crippen molar-refractivity contribution >= 4 is 0 Å². The Hall–Kier alpha value is -0.940. The fourth-order valence-electron chi connectivity index (χ4n) is 0.811. The first-order valence-corrected chi connectivity index (χ1v) is 3.39. The first kappa shape index (κ1) is 8.16. The average Bonchev–Trinajstić information content (AvgIpc) is 2.39. The Morgan fingerprint density at radius 1 is 1.73 bits per heavy atom. The molecular formula is C6H12N4O. The third-order valence-corrected chi connectivity index (χ3v) is 1.40. The van der Waals surface area contributed by atoms with Crippen LogP contribution in [0.2, 0.25) is 0 Å². The molecule has 0 saturated heterocycles. The van der Waals surface area contributed by atoms with E-state index in [0.29, 0.717) is 12.4 Å². The molecule has 1 aromatic rings. The summed E-state index contributed by atoms with van der Waals surface area (Å²) in [6.07, 6.45) is -0.194. The lowest BCUT2D eigenvalue weighted by Crippen LogP contribution is -2.15. The van der Waals surface area contributed by atoms with Gasteiger partial charge in [-0.25, -0.2) is 4.98 Å². The number of methoxy groups -OCH3 is 1. The van der Waals surface area contributed by atoms with Gasteiger partial charge in [0, 0.05) is 13.7 Å². The Bertz CT molecular complexity index is 218. The zero-order valence-electron chi connectivity index (χ0n) is 6.66. The molecule has 3 N–H and O–H groups in total. The van der Waals surface area contributed by atoms with Gasteiger partial charge < -0.3 is 10.5 Å². The number of hydrogen-bond acceptors (Lipinski definition) is 4. The summed E-state index contributed by atoms with van der Waals surface area (Å²) in [7, 11) is 1.59. The van der Waals surface area contributed by atoms with Gasteiger partial charge in [0.15, 0.2) is 5.82 Å². The van der Waals surface area contributed by atoms with E-state index in [1.165, 1.54) is 0 Å². The Labute approximate surface area is 65.0 Å². The molecule has 0 aliphatic carbocycles. The van der Waals surface area contributed by atoms with E-state index < -0.39 is 0 Å². The van der Waals surface area contributed by atoms with Crippen LogP contribution in [0.5, 0.6) is 0 Å². The van der Waals surface area contributed by atoms with Crippen molar-refractivity contribution in [3.8, 4) is 0 Å². The summed E-state index contributed by atoms with van der Waals surface area (Å²) in [6, 6.07) is 0. The Balaban J connectivity index is 2.73. The lowest BCUT2D eigenvalue weighted by Gasteiger charge is -2.06. The van der Waals surface area contributed by atoms with Gasteiger partial charge in [-0.1, -0.05) is 0 Å². The zero-order valence-corrected chi connectivity index (χ0v) is 6.66. The number of aryl methyl sites for hydroxylation is 1. The maximum atomic E-state index is 5.41. The molecule has 5 nitrogen and oxygen atoms in total. The number of rotatable bonds is 3. The van der Waals surface area contributed by atoms with Gasteiger partial charge in [-0.05, 0) is 6.92 Å². The zero-order chi connectivity index (χ0) is 8.27. The van der Waals surface area contributed by atoms with Crippen molar-refractivity contribution in [2.24, 2.45) is 5.73 Å². The van der Waals surface area contributed by atoms with Crippen molar-refractivity contribution in [3.63, 3.8) is 0 Å². The van der Waals surface area contributed by atoms with Crippen LogP contribution in [0.1, 0.15) is 17.8 Å². The van der Waals surface area contributed by atoms with Crippen LogP contribution in [-0.4, -0.2) is 28.8 Å². The van der Waals surface area contributed by atoms with Crippen molar-refractivity contribution in [3.05, 3.63) is 11.6 Å². The molecule has 62 valence electrons. The fourth-order valence-corrected chi connectivity index (χ4v) is 0.811. The van der Waals surface area contributed by atoms with Crippen molar-refractivity contribution < 1.29 is 4.74 Å². The van der Waals surface area contributed by atoms with Crippen LogP contribution in [0.3, 0.4) is 0 Å². The molecule has 11 heavy (non-hydrogen) atoms. The first-order chi connectivity index (χ1) is 5.27. The Morgan fingerprint density at radius 3 is 2.82 bits per heavy atom. The maximum Gasteiger partial charge on any atom is 0.180 e. The van der Waals surface area contributed by atoms with Crippen LogP contribution < -0.4 is 5.73 Å². The van der Waals surface area contributed by atoms with Crippen molar-refractivity contribution in [2.75, 3.05) is 13.7 Å². The summed E-state index contributed by atoms with van der Waals surface area (Å²) in [5.74, 6) is 1.39. The molecular weight excluding hydrogens is 144 g/mol. The van der Waals surface area contributed by atoms with E-state index in [-0.39, 0.29) is 6.10 Å². The van der Waals surface area contributed by atoms with E-state index in [1.807, 2.05) is 6.92 Å². The number of aromatic amines is 1. The van der Waals surface area contributed by atoms with E-state index in [2.05, 4.69) is 15.2 Å². The van der Waals surface area contributed by atoms with Gasteiger partial charge in [-0.2, -0.15) is 5.10 Å². The minimum Gasteiger partial charge on any atom is -0.372 e. The van der Waals surface area contributed by atoms with E-state index in [4.69, 9.17) is 10.5 Å². The second kappa shape index (κ2) is 3.45. The van der Waals surface area contributed by atoms with E-state index in [1.54, 1.807) is 7.11 Å². The van der Waals surface area contributed by atoms with Crippen LogP contribution >= 0.6 is 0 Å². The molecule has 0 fully saturated rings. The number of aromatic nitrogens is 3. The Kier molecular flexibility index (Phi) is 2.56. The standard InChI is InChI=1S/C6H12N4O/c1-4-8-6(10-9-4)5(3-7)11-2/h5H,3,7H2,1-2H3,(H,8,9,10). The fraction of sp³-hybridized carbons (Fsp3) is 0.667. The van der Waals surface area contributed by atoms with Crippen molar-refractivity contribution in [1.82, 2.24) is 15.2 Å². The second-order valence-corrected chi connectivity index (χ2v) is 2.24. The lowest BCUT2D eigenvalue weighted by atomic mass is 10.3. The summed E-state index contributed by atoms with van der Waals surface area (Å²) in [4.78, 5) is 4.08. The van der Waals surface area contributed by atoms with Crippen LogP contribution in [0, 0.1) is 6.92 Å². The van der Waals surface area contributed by atoms with Gasteiger partial charge in [0.2, 0.25) is 0 Å². The second-order valence-electron chi connectivity index (χ2n) is 2.24. The topological polar surface area (TPSA) is 76.8 Å². The lowest BCUT2D eigenvalue weighted by molar-refractivity contribution is 0.103. The summed E-state index contributed by atoms with van der Waals surface area (Å²) < 4.78 is 5.03. The van der Waals surface area contributed by atoms with Crippen LogP contribution in [0.25, 0.3) is 0 Å². The Morgan fingerprint density at radius 2 is 2.45 bits per heavy atom. The number of ether oxygens (including phenoxy) is 1. The van der Waals surface area contributed by atoms with Crippen molar-refractivity contribution in [1.29, 1.82) is 0 Å². The normalized spacial score (nSPS) is 13.4. The highest BCUT2D eigenvalue weighted by Crippen LogP contribution is 2.08. The highest BCUT2D eigenvalue weighted by atomic mass is 16.5. The quantitative estimate of drug-likeness (QED) is 0.633. The van der Waals surface area contributed by atoms with E-state index in [0.717, 1.165) is 5.82 Å². The van der Waals surface area contributed by atoms with Crippen LogP contribution in [0.15, 0.2) is 0 Å². The monoisotopic (exact) mass is 156 g/mol. The number of nitrogens with two attached hydrogens (primary N) is 1. The molecule has 5 heteroatoms. The van der Waals surface area contributed by atoms with E-state index in [9.17, 15) is 0 Å². The first-order valence-electron chi connectivity index (χ1n) is 3.39. The van der Waals surface area contributed by atoms with Gasteiger partial charge in [0.25, 0.3) is 0 Å². The largest absolute Gasteiger partial charge is 0.372 e. The number of nitrogens with one attached hydrogen (secondary N) is 1. The minimum atomic E-state index is -0.194. The highest BCUT2D eigenvalue weighted by molar-refractivity contribution is 4.92. The molecule has 0 amide bonds. The molecule has 0 aromatic carbocycles. The third kappa shape index (κ3) is 1.75. The van der Waals surface area contributed by atoms with Gasteiger partial charge >= 0.3 is 0 Å². The summed E-state index contributed by atoms with van der Waals surface area (Å²) in [5.41, 5.74) is 5.41. The molecule has 0 aliphatic rings. The number of nitrogens with zero attached hydrogens (tertiary/aromatic N) is 2. The summed E-state index contributed by atoms with van der Waals surface area (Å²) >= 11 is 0. The van der Waals surface area contributed by atoms with Gasteiger partial charge in [0.1, 0.15) is 11.9 Å². The predicted molar refractivity (Wildman–Crippen MR) is 39.9 cm³/mol. The third-order valence-electron chi connectivity index (χ3n) is 1.40. The molecule has 1 atom stereocenters. The van der Waals surface area contributed by atoms with Crippen molar-refractivity contribution in [2.45, 2.75) is 13.0 Å².